The van der Waals surface area contributed by atoms with E-state index < -0.39 is 0 Å². The van der Waals surface area contributed by atoms with Crippen molar-refractivity contribution in [1.82, 2.24) is 24.5 Å². The lowest BCUT2D eigenvalue weighted by atomic mass is 10.2. The van der Waals surface area contributed by atoms with E-state index in [1.807, 2.05) is 42.9 Å². The SMILES string of the molecule is CCOc1nn(CC)cc1-c1nnc(SCc2ccccc2)n1CCOC. The maximum absolute atomic E-state index is 5.72. The van der Waals surface area contributed by atoms with Gasteiger partial charge in [0.2, 0.25) is 5.88 Å². The number of nitrogens with zero attached hydrogens (tertiary/aromatic N) is 5. The highest BCUT2D eigenvalue weighted by atomic mass is 32.2. The van der Waals surface area contributed by atoms with Gasteiger partial charge in [-0.2, -0.15) is 0 Å². The van der Waals surface area contributed by atoms with Crippen LogP contribution in [0.5, 0.6) is 5.88 Å². The van der Waals surface area contributed by atoms with Crippen molar-refractivity contribution in [2.45, 2.75) is 37.8 Å². The number of benzene rings is 1. The zero-order valence-corrected chi connectivity index (χ0v) is 16.8. The van der Waals surface area contributed by atoms with Gasteiger partial charge in [-0.15, -0.1) is 15.3 Å². The molecule has 0 unspecified atom stereocenters. The van der Waals surface area contributed by atoms with E-state index >= 15 is 0 Å². The van der Waals surface area contributed by atoms with Crippen LogP contribution in [0.2, 0.25) is 0 Å². The van der Waals surface area contributed by atoms with Gasteiger partial charge in [0.05, 0.1) is 19.8 Å². The third kappa shape index (κ3) is 4.70. The van der Waals surface area contributed by atoms with Gasteiger partial charge in [-0.05, 0) is 19.4 Å². The van der Waals surface area contributed by atoms with Crippen molar-refractivity contribution in [3.8, 4) is 17.3 Å². The van der Waals surface area contributed by atoms with Crippen molar-refractivity contribution in [3.63, 3.8) is 0 Å². The second-order valence-electron chi connectivity index (χ2n) is 5.86. The van der Waals surface area contributed by atoms with E-state index in [2.05, 4.69) is 32.0 Å². The van der Waals surface area contributed by atoms with E-state index in [9.17, 15) is 0 Å². The van der Waals surface area contributed by atoms with Gasteiger partial charge in [0.1, 0.15) is 5.56 Å². The highest BCUT2D eigenvalue weighted by Gasteiger charge is 2.21. The molecule has 0 aliphatic carbocycles. The van der Waals surface area contributed by atoms with Crippen molar-refractivity contribution >= 4 is 11.8 Å². The fourth-order valence-electron chi connectivity index (χ4n) is 2.66. The second-order valence-corrected chi connectivity index (χ2v) is 6.80. The van der Waals surface area contributed by atoms with Crippen molar-refractivity contribution in [2.75, 3.05) is 20.3 Å². The maximum Gasteiger partial charge on any atom is 0.243 e. The number of ether oxygens (including phenoxy) is 2. The fraction of sp³-hybridized carbons (Fsp3) is 0.421. The minimum atomic E-state index is 0.551. The van der Waals surface area contributed by atoms with Gasteiger partial charge >= 0.3 is 0 Å². The third-order valence-electron chi connectivity index (χ3n) is 4.02. The van der Waals surface area contributed by atoms with Crippen molar-refractivity contribution in [1.29, 1.82) is 0 Å². The van der Waals surface area contributed by atoms with Crippen molar-refractivity contribution in [2.24, 2.45) is 0 Å². The molecule has 0 bridgehead atoms. The summed E-state index contributed by atoms with van der Waals surface area (Å²) in [4.78, 5) is 0. The Morgan fingerprint density at radius 3 is 2.63 bits per heavy atom. The van der Waals surface area contributed by atoms with Gasteiger partial charge in [-0.25, -0.2) is 0 Å². The summed E-state index contributed by atoms with van der Waals surface area (Å²) in [7, 11) is 1.70. The highest BCUT2D eigenvalue weighted by molar-refractivity contribution is 7.98. The van der Waals surface area contributed by atoms with Gasteiger partial charge in [0, 0.05) is 25.6 Å². The summed E-state index contributed by atoms with van der Waals surface area (Å²) in [5.74, 6) is 2.18. The largest absolute Gasteiger partial charge is 0.476 e. The van der Waals surface area contributed by atoms with E-state index in [1.165, 1.54) is 5.56 Å². The Hall–Kier alpha value is -2.32. The molecule has 0 radical (unpaired) electrons. The molecule has 0 saturated carbocycles. The number of aromatic nitrogens is 5. The zero-order chi connectivity index (χ0) is 19.1. The van der Waals surface area contributed by atoms with Crippen LogP contribution in [0.25, 0.3) is 11.4 Å². The number of hydrogen-bond acceptors (Lipinski definition) is 6. The molecule has 2 aromatic heterocycles. The summed E-state index contributed by atoms with van der Waals surface area (Å²) in [5, 5.41) is 14.2. The van der Waals surface area contributed by atoms with Crippen LogP contribution in [0, 0.1) is 0 Å². The topological polar surface area (TPSA) is 67.0 Å². The molecule has 144 valence electrons. The Labute approximate surface area is 163 Å². The lowest BCUT2D eigenvalue weighted by Gasteiger charge is -2.09. The van der Waals surface area contributed by atoms with Gasteiger partial charge < -0.3 is 9.47 Å². The van der Waals surface area contributed by atoms with E-state index in [0.717, 1.165) is 28.8 Å². The Balaban J connectivity index is 1.91. The molecule has 0 fully saturated rings. The maximum atomic E-state index is 5.72. The van der Waals surface area contributed by atoms with Crippen LogP contribution in [0.3, 0.4) is 0 Å². The quantitative estimate of drug-likeness (QED) is 0.496. The van der Waals surface area contributed by atoms with Crippen LogP contribution in [-0.4, -0.2) is 44.9 Å². The van der Waals surface area contributed by atoms with Gasteiger partial charge in [0.15, 0.2) is 11.0 Å². The normalized spacial score (nSPS) is 11.1. The summed E-state index contributed by atoms with van der Waals surface area (Å²) < 4.78 is 14.9. The van der Waals surface area contributed by atoms with E-state index in [1.54, 1.807) is 18.9 Å². The van der Waals surface area contributed by atoms with Crippen molar-refractivity contribution in [3.05, 3.63) is 42.1 Å². The molecule has 3 aromatic rings. The molecule has 8 heteroatoms. The lowest BCUT2D eigenvalue weighted by Crippen LogP contribution is -2.08. The molecule has 0 N–H and O–H groups in total. The van der Waals surface area contributed by atoms with E-state index in [0.29, 0.717) is 25.6 Å². The van der Waals surface area contributed by atoms with Crippen LogP contribution in [0.15, 0.2) is 41.7 Å². The zero-order valence-electron chi connectivity index (χ0n) is 16.0. The van der Waals surface area contributed by atoms with Crippen LogP contribution in [0.4, 0.5) is 0 Å². The Bertz CT molecular complexity index is 847. The summed E-state index contributed by atoms with van der Waals surface area (Å²) in [6.45, 7) is 6.56. The van der Waals surface area contributed by atoms with Gasteiger partial charge in [0.25, 0.3) is 0 Å². The molecule has 0 aliphatic rings. The molecular formula is C19H25N5O2S. The standard InChI is InChI=1S/C19H25N5O2S/c1-4-23-13-16(18(22-23)26-5-2)17-20-21-19(24(17)11-12-25-3)27-14-15-9-7-6-8-10-15/h6-10,13H,4-5,11-12,14H2,1-3H3. The number of aryl methyl sites for hydroxylation is 1. The molecule has 27 heavy (non-hydrogen) atoms. The van der Waals surface area contributed by atoms with Gasteiger partial charge in [-0.1, -0.05) is 42.1 Å². The number of thioether (sulfide) groups is 1. The Kier molecular flexibility index (Phi) is 6.89. The predicted octanol–water partition coefficient (Wildman–Crippen LogP) is 3.50. The minimum absolute atomic E-state index is 0.551. The molecule has 7 nitrogen and oxygen atoms in total. The smallest absolute Gasteiger partial charge is 0.243 e. The third-order valence-corrected chi connectivity index (χ3v) is 5.06. The van der Waals surface area contributed by atoms with Crippen LogP contribution >= 0.6 is 11.8 Å². The van der Waals surface area contributed by atoms with Crippen LogP contribution < -0.4 is 4.74 Å². The first-order chi connectivity index (χ1) is 13.3. The predicted molar refractivity (Wildman–Crippen MR) is 106 cm³/mol. The second kappa shape index (κ2) is 9.57. The molecular weight excluding hydrogens is 362 g/mol. The average molecular weight is 388 g/mol. The van der Waals surface area contributed by atoms with E-state index in [4.69, 9.17) is 9.47 Å². The van der Waals surface area contributed by atoms with Crippen LogP contribution in [-0.2, 0) is 23.6 Å². The fourth-order valence-corrected chi connectivity index (χ4v) is 3.58. The first kappa shape index (κ1) is 19.4. The van der Waals surface area contributed by atoms with Crippen molar-refractivity contribution < 1.29 is 9.47 Å². The molecule has 0 amide bonds. The Morgan fingerprint density at radius 2 is 1.93 bits per heavy atom. The summed E-state index contributed by atoms with van der Waals surface area (Å²) in [5.41, 5.74) is 2.10. The number of methoxy groups -OCH3 is 1. The minimum Gasteiger partial charge on any atom is -0.476 e. The average Bonchev–Trinajstić information content (AvgIpc) is 3.29. The first-order valence-electron chi connectivity index (χ1n) is 9.06. The molecule has 1 aromatic carbocycles. The molecule has 3 rings (SSSR count). The molecule has 0 spiro atoms. The molecule has 0 saturated heterocycles. The molecule has 2 heterocycles. The lowest BCUT2D eigenvalue weighted by molar-refractivity contribution is 0.185. The first-order valence-corrected chi connectivity index (χ1v) is 10.0. The van der Waals surface area contributed by atoms with E-state index in [-0.39, 0.29) is 0 Å². The Morgan fingerprint density at radius 1 is 1.11 bits per heavy atom. The number of hydrogen-bond donors (Lipinski definition) is 0. The molecule has 0 aliphatic heterocycles. The van der Waals surface area contributed by atoms with Gasteiger partial charge in [-0.3, -0.25) is 9.25 Å². The monoisotopic (exact) mass is 387 g/mol. The summed E-state index contributed by atoms with van der Waals surface area (Å²) >= 11 is 1.66. The summed E-state index contributed by atoms with van der Waals surface area (Å²) in [6, 6.07) is 10.3. The summed E-state index contributed by atoms with van der Waals surface area (Å²) in [6.07, 6.45) is 1.96. The highest BCUT2D eigenvalue weighted by Crippen LogP contribution is 2.31. The van der Waals surface area contributed by atoms with Crippen LogP contribution in [0.1, 0.15) is 19.4 Å². The number of rotatable bonds is 10. The molecule has 0 atom stereocenters.